The molecule has 0 unspecified atom stereocenters. The van der Waals surface area contributed by atoms with E-state index in [1.165, 1.54) is 12.8 Å². The first kappa shape index (κ1) is 52.5. The lowest BCUT2D eigenvalue weighted by atomic mass is 9.80. The second kappa shape index (κ2) is 38.8. The van der Waals surface area contributed by atoms with Crippen LogP contribution in [0.2, 0.25) is 0 Å². The Balaban J connectivity index is 1.00. The fraction of sp³-hybridized carbons (Fsp3) is 0.625. The molecule has 0 N–H and O–H groups in total. The first-order valence-corrected chi connectivity index (χ1v) is 22.1. The summed E-state index contributed by atoms with van der Waals surface area (Å²) in [6.45, 7) is 15.2. The van der Waals surface area contributed by atoms with Crippen LogP contribution in [0.25, 0.3) is 0 Å². The minimum atomic E-state index is -0.753. The smallest absolute Gasteiger partial charge is 0.143 e. The monoisotopic (exact) mass is 859 g/mol. The molecule has 0 fully saturated rings. The molecule has 0 heterocycles. The molecule has 0 aliphatic heterocycles. The second-order valence-electron chi connectivity index (χ2n) is 13.7. The Kier molecular flexibility index (Phi) is 33.4. The lowest BCUT2D eigenvalue weighted by Gasteiger charge is -2.36. The van der Waals surface area contributed by atoms with Gasteiger partial charge in [0.05, 0.1) is 159 Å². The van der Waals surface area contributed by atoms with E-state index in [1.54, 1.807) is 0 Å². The third kappa shape index (κ3) is 25.7. The van der Waals surface area contributed by atoms with Gasteiger partial charge in [-0.25, -0.2) is 0 Å². The Labute approximate surface area is 365 Å². The molecule has 0 bridgehead atoms. The van der Waals surface area contributed by atoms with Crippen molar-refractivity contribution in [2.24, 2.45) is 0 Å². The van der Waals surface area contributed by atoms with Crippen LogP contribution >= 0.6 is 0 Å². The number of benzene rings is 3. The summed E-state index contributed by atoms with van der Waals surface area (Å²) in [6, 6.07) is 31.0. The van der Waals surface area contributed by atoms with Gasteiger partial charge in [-0.3, -0.25) is 0 Å². The summed E-state index contributed by atoms with van der Waals surface area (Å²) < 4.78 is 73.5. The van der Waals surface area contributed by atoms with Crippen LogP contribution in [-0.2, 0) is 67.2 Å². The minimum absolute atomic E-state index is 0.415. The number of unbranched alkanes of at least 4 members (excludes halogenated alkanes) is 2. The van der Waals surface area contributed by atoms with Gasteiger partial charge in [0.15, 0.2) is 0 Å². The van der Waals surface area contributed by atoms with Crippen molar-refractivity contribution in [3.05, 3.63) is 108 Å². The van der Waals surface area contributed by atoms with Gasteiger partial charge in [0.2, 0.25) is 0 Å². The average Bonchev–Trinajstić information content (AvgIpc) is 3.30. The number of ether oxygens (including phenoxy) is 13. The van der Waals surface area contributed by atoms with E-state index in [1.807, 2.05) is 54.6 Å². The highest BCUT2D eigenvalue weighted by molar-refractivity contribution is 5.47. The van der Waals surface area contributed by atoms with E-state index in [2.05, 4.69) is 43.3 Å². The summed E-state index contributed by atoms with van der Waals surface area (Å²) in [6.07, 6.45) is 3.53. The van der Waals surface area contributed by atoms with Gasteiger partial charge in [-0.2, -0.15) is 0 Å². The predicted molar refractivity (Wildman–Crippen MR) is 235 cm³/mol. The topological polar surface area (TPSA) is 120 Å². The first-order chi connectivity index (χ1) is 30.4. The molecular weight excluding hydrogens is 785 g/mol. The highest BCUT2D eigenvalue weighted by Crippen LogP contribution is 2.40. The van der Waals surface area contributed by atoms with Gasteiger partial charge >= 0.3 is 0 Å². The van der Waals surface area contributed by atoms with Crippen LogP contribution in [0.4, 0.5) is 0 Å². The van der Waals surface area contributed by atoms with E-state index in [-0.39, 0.29) is 0 Å². The summed E-state index contributed by atoms with van der Waals surface area (Å²) in [5, 5.41) is 0. The van der Waals surface area contributed by atoms with Crippen LogP contribution in [0.15, 0.2) is 91.0 Å². The third-order valence-electron chi connectivity index (χ3n) is 9.07. The van der Waals surface area contributed by atoms with Gasteiger partial charge in [-0.15, -0.1) is 0 Å². The molecule has 3 rings (SSSR count). The standard InChI is InChI=1S/C48H74O13/c1-2-3-13-20-49-21-22-50-23-24-51-25-26-52-27-28-53-29-30-54-31-32-55-33-34-56-35-36-57-37-38-58-39-40-59-41-42-60-43-44-61-48(45-14-7-4-8-15-45,46-16-9-5-10-17-46)47-18-11-6-12-19-47/h4-12,14-19H,2-3,13,20-44H2,1H3. The first-order valence-electron chi connectivity index (χ1n) is 22.1. The minimum Gasteiger partial charge on any atom is -0.379 e. The molecule has 0 aromatic heterocycles. The van der Waals surface area contributed by atoms with Crippen molar-refractivity contribution in [2.45, 2.75) is 31.8 Å². The maximum Gasteiger partial charge on any atom is 0.143 e. The Morgan fingerprint density at radius 2 is 0.475 bits per heavy atom. The van der Waals surface area contributed by atoms with Gasteiger partial charge in [0, 0.05) is 6.61 Å². The van der Waals surface area contributed by atoms with Gasteiger partial charge in [0.25, 0.3) is 0 Å². The zero-order chi connectivity index (χ0) is 42.8. The highest BCUT2D eigenvalue weighted by Gasteiger charge is 2.37. The molecule has 3 aromatic carbocycles. The van der Waals surface area contributed by atoms with Crippen LogP contribution in [0.5, 0.6) is 0 Å². The molecular formula is C48H74O13. The fourth-order valence-corrected chi connectivity index (χ4v) is 6.00. The van der Waals surface area contributed by atoms with Crippen molar-refractivity contribution in [1.82, 2.24) is 0 Å². The van der Waals surface area contributed by atoms with Crippen LogP contribution < -0.4 is 0 Å². The molecule has 0 aliphatic carbocycles. The summed E-state index contributed by atoms with van der Waals surface area (Å²) in [5.41, 5.74) is 2.45. The summed E-state index contributed by atoms with van der Waals surface area (Å²) in [7, 11) is 0. The lowest BCUT2D eigenvalue weighted by molar-refractivity contribution is -0.0399. The van der Waals surface area contributed by atoms with E-state index >= 15 is 0 Å². The number of hydrogen-bond acceptors (Lipinski definition) is 13. The molecule has 0 saturated heterocycles. The molecule has 3 aromatic rings. The summed E-state index contributed by atoms with van der Waals surface area (Å²) >= 11 is 0. The molecule has 0 radical (unpaired) electrons. The third-order valence-corrected chi connectivity index (χ3v) is 9.07. The van der Waals surface area contributed by atoms with Crippen molar-refractivity contribution in [3.8, 4) is 0 Å². The molecule has 0 saturated carbocycles. The van der Waals surface area contributed by atoms with Crippen LogP contribution in [0.1, 0.15) is 42.9 Å². The Morgan fingerprint density at radius 1 is 0.262 bits per heavy atom. The quantitative estimate of drug-likeness (QED) is 0.0463. The fourth-order valence-electron chi connectivity index (χ4n) is 6.00. The summed E-state index contributed by atoms with van der Waals surface area (Å²) in [5.74, 6) is 0. The van der Waals surface area contributed by atoms with E-state index < -0.39 is 5.60 Å². The average molecular weight is 859 g/mol. The Hall–Kier alpha value is -2.86. The molecule has 0 aliphatic rings. The van der Waals surface area contributed by atoms with E-state index in [0.29, 0.717) is 159 Å². The van der Waals surface area contributed by atoms with Gasteiger partial charge in [-0.1, -0.05) is 111 Å². The number of hydrogen-bond donors (Lipinski definition) is 0. The van der Waals surface area contributed by atoms with Crippen molar-refractivity contribution in [3.63, 3.8) is 0 Å². The zero-order valence-corrected chi connectivity index (χ0v) is 36.8. The Morgan fingerprint density at radius 3 is 0.705 bits per heavy atom. The normalized spacial score (nSPS) is 11.8. The van der Waals surface area contributed by atoms with Crippen LogP contribution in [-0.4, -0.2) is 165 Å². The molecule has 13 heteroatoms. The maximum atomic E-state index is 6.74. The Bertz CT molecular complexity index is 1240. The van der Waals surface area contributed by atoms with E-state index in [4.69, 9.17) is 61.6 Å². The van der Waals surface area contributed by atoms with Gasteiger partial charge < -0.3 is 61.6 Å². The van der Waals surface area contributed by atoms with E-state index in [0.717, 1.165) is 29.7 Å². The van der Waals surface area contributed by atoms with Crippen molar-refractivity contribution in [1.29, 1.82) is 0 Å². The van der Waals surface area contributed by atoms with Gasteiger partial charge in [0.1, 0.15) is 5.60 Å². The predicted octanol–water partition coefficient (Wildman–Crippen LogP) is 6.38. The molecule has 13 nitrogen and oxygen atoms in total. The van der Waals surface area contributed by atoms with E-state index in [9.17, 15) is 0 Å². The molecule has 344 valence electrons. The van der Waals surface area contributed by atoms with Crippen molar-refractivity contribution < 1.29 is 61.6 Å². The molecule has 0 spiro atoms. The zero-order valence-electron chi connectivity index (χ0n) is 36.8. The molecule has 0 amide bonds. The maximum absolute atomic E-state index is 6.74. The van der Waals surface area contributed by atoms with Crippen molar-refractivity contribution in [2.75, 3.05) is 165 Å². The van der Waals surface area contributed by atoms with Gasteiger partial charge in [-0.05, 0) is 23.1 Å². The number of rotatable bonds is 44. The van der Waals surface area contributed by atoms with Crippen molar-refractivity contribution >= 4 is 0 Å². The SMILES string of the molecule is CCCCCOCCOCCOCCOCCOCCOCCOCCOCCOCCOCCOCCOCCOC(c1ccccc1)(c1ccccc1)c1ccccc1. The molecule has 0 atom stereocenters. The highest BCUT2D eigenvalue weighted by atomic mass is 16.6. The summed E-state index contributed by atoms with van der Waals surface area (Å²) in [4.78, 5) is 0. The van der Waals surface area contributed by atoms with Crippen LogP contribution in [0, 0.1) is 0 Å². The van der Waals surface area contributed by atoms with Crippen LogP contribution in [0.3, 0.4) is 0 Å². The molecule has 61 heavy (non-hydrogen) atoms. The largest absolute Gasteiger partial charge is 0.379 e. The lowest BCUT2D eigenvalue weighted by Crippen LogP contribution is -2.34. The second-order valence-corrected chi connectivity index (χ2v) is 13.7.